The Kier molecular flexibility index (Phi) is 13.5. The van der Waals surface area contributed by atoms with Crippen molar-refractivity contribution in [2.45, 2.75) is 98.4 Å². The van der Waals surface area contributed by atoms with E-state index >= 15 is 0 Å². The van der Waals surface area contributed by atoms with E-state index in [-0.39, 0.29) is 0 Å². The van der Waals surface area contributed by atoms with Gasteiger partial charge in [0.15, 0.2) is 0 Å². The van der Waals surface area contributed by atoms with Crippen LogP contribution in [0.25, 0.3) is 56.7 Å². The van der Waals surface area contributed by atoms with Crippen LogP contribution in [0, 0.1) is 0 Å². The molecule has 6 aromatic rings. The van der Waals surface area contributed by atoms with Crippen molar-refractivity contribution < 1.29 is 20.9 Å². The fourth-order valence-electron chi connectivity index (χ4n) is 10.1. The number of benzene rings is 6. The summed E-state index contributed by atoms with van der Waals surface area (Å²) in [5, 5.41) is 0. The van der Waals surface area contributed by atoms with E-state index in [0.29, 0.717) is 7.25 Å². The third-order valence-electron chi connectivity index (χ3n) is 12.9. The number of allylic oxidation sites excluding steroid dienone is 2. The molecule has 6 aromatic carbocycles. The molecule has 0 fully saturated rings. The first-order valence-electron chi connectivity index (χ1n) is 22.4. The molecule has 0 spiro atoms. The van der Waals surface area contributed by atoms with Crippen molar-refractivity contribution in [3.8, 4) is 44.5 Å². The molecule has 0 amide bonds. The first-order valence-corrected chi connectivity index (χ1v) is 32.4. The van der Waals surface area contributed by atoms with Gasteiger partial charge in [-0.25, -0.2) is 0 Å². The summed E-state index contributed by atoms with van der Waals surface area (Å²) in [5.74, 6) is -1.17. The van der Waals surface area contributed by atoms with Gasteiger partial charge in [-0.3, -0.25) is 0 Å². The summed E-state index contributed by atoms with van der Waals surface area (Å²) in [5.41, 5.74) is 21.1. The van der Waals surface area contributed by atoms with Crippen LogP contribution in [0.3, 0.4) is 0 Å². The zero-order chi connectivity index (χ0) is 39.8. The van der Waals surface area contributed by atoms with Crippen LogP contribution < -0.4 is 0 Å². The topological polar surface area (TPSA) is 0 Å². The van der Waals surface area contributed by atoms with Gasteiger partial charge in [-0.2, -0.15) is 0 Å². The summed E-state index contributed by atoms with van der Waals surface area (Å²) in [4.78, 5) is 0. The SMILES string of the molecule is CCCCCCC1=Cc2c(-c3ccccc3)ccc(-c3ccccc3)c2[CH]1[Zr]([CH]1C(CCCCCC)=Cc2c(-c3ccccc3)ccc(-c3ccccc3)c21)[SiH](C)C. The van der Waals surface area contributed by atoms with Gasteiger partial charge in [-0.1, -0.05) is 0 Å². The predicted molar refractivity (Wildman–Crippen MR) is 252 cm³/mol. The standard InChI is InChI=1S/2C27H27.C2H7Si.Zr/c2*1-2-3-4-7-12-21-19-26-24(22-13-8-5-9-14-22)17-18-25(27(26)20-21)23-15-10-6-11-16-23;1-3-2;/h2*5-6,8-11,13-20H,2-4,7,12H2,1H3;3H,1-2H3;. The monoisotopic (exact) mass is 851 g/mol. The molecule has 0 heterocycles. The Hall–Kier alpha value is -4.10. The molecule has 2 heteroatoms. The minimum atomic E-state index is -2.55. The molecule has 0 bridgehead atoms. The number of unbranched alkanes of at least 4 members (excludes halogenated alkanes) is 6. The van der Waals surface area contributed by atoms with Gasteiger partial charge in [0.2, 0.25) is 0 Å². The summed E-state index contributed by atoms with van der Waals surface area (Å²) in [6, 6.07) is 55.3. The van der Waals surface area contributed by atoms with Gasteiger partial charge in [0, 0.05) is 0 Å². The van der Waals surface area contributed by atoms with E-state index in [9.17, 15) is 0 Å². The third-order valence-corrected chi connectivity index (χ3v) is 34.5. The average Bonchev–Trinajstić information content (AvgIpc) is 3.83. The van der Waals surface area contributed by atoms with E-state index < -0.39 is 26.8 Å². The van der Waals surface area contributed by atoms with Crippen molar-refractivity contribution in [3.63, 3.8) is 0 Å². The zero-order valence-electron chi connectivity index (χ0n) is 35.3. The van der Waals surface area contributed by atoms with E-state index in [2.05, 4.69) is 185 Å². The molecular formula is C56H61SiZr. The molecule has 0 saturated heterocycles. The maximum atomic E-state index is 2.76. The Morgan fingerprint density at radius 2 is 0.724 bits per heavy atom. The average molecular weight is 853 g/mol. The van der Waals surface area contributed by atoms with Crippen LogP contribution in [0.2, 0.25) is 13.1 Å². The Bertz CT molecular complexity index is 2170. The molecule has 0 radical (unpaired) electrons. The van der Waals surface area contributed by atoms with E-state index in [1.165, 1.54) is 120 Å². The molecule has 293 valence electrons. The van der Waals surface area contributed by atoms with Gasteiger partial charge < -0.3 is 0 Å². The molecule has 2 aliphatic carbocycles. The summed E-state index contributed by atoms with van der Waals surface area (Å²) >= 11 is -2.55. The fourth-order valence-corrected chi connectivity index (χ4v) is 33.0. The number of fused-ring (bicyclic) bond motifs is 2. The van der Waals surface area contributed by atoms with Crippen LogP contribution in [-0.4, -0.2) is 5.92 Å². The normalized spacial score (nSPS) is 15.6. The Morgan fingerprint density at radius 1 is 0.397 bits per heavy atom. The molecule has 2 aliphatic rings. The second-order valence-electron chi connectivity index (χ2n) is 17.0. The summed E-state index contributed by atoms with van der Waals surface area (Å²) in [7, 11) is 0. The van der Waals surface area contributed by atoms with Gasteiger partial charge in [0.25, 0.3) is 0 Å². The molecule has 0 N–H and O–H groups in total. The van der Waals surface area contributed by atoms with Crippen molar-refractivity contribution >= 4 is 18.1 Å². The van der Waals surface area contributed by atoms with Gasteiger partial charge in [-0.15, -0.1) is 0 Å². The predicted octanol–water partition coefficient (Wildman–Crippen LogP) is 16.5. The Morgan fingerprint density at radius 3 is 1.05 bits per heavy atom. The Labute approximate surface area is 358 Å². The molecule has 2 unspecified atom stereocenters. The molecule has 0 aromatic heterocycles. The van der Waals surface area contributed by atoms with E-state index in [0.717, 1.165) is 0 Å². The number of hydrogen-bond acceptors (Lipinski definition) is 0. The second kappa shape index (κ2) is 19.3. The van der Waals surface area contributed by atoms with Crippen LogP contribution in [-0.2, 0) is 20.9 Å². The van der Waals surface area contributed by atoms with Crippen LogP contribution in [0.4, 0.5) is 0 Å². The first-order chi connectivity index (χ1) is 28.6. The van der Waals surface area contributed by atoms with Crippen molar-refractivity contribution in [2.24, 2.45) is 0 Å². The van der Waals surface area contributed by atoms with Crippen LogP contribution >= 0.6 is 0 Å². The van der Waals surface area contributed by atoms with Crippen molar-refractivity contribution in [2.75, 3.05) is 0 Å². The molecule has 8 rings (SSSR count). The third kappa shape index (κ3) is 8.48. The number of hydrogen-bond donors (Lipinski definition) is 0. The second-order valence-corrected chi connectivity index (χ2v) is 37.1. The van der Waals surface area contributed by atoms with Crippen molar-refractivity contribution in [1.29, 1.82) is 0 Å². The fraction of sp³-hybridized carbons (Fsp3) is 0.286. The van der Waals surface area contributed by atoms with Crippen LogP contribution in [0.5, 0.6) is 0 Å². The maximum absolute atomic E-state index is 2.76. The summed E-state index contributed by atoms with van der Waals surface area (Å²) in [6.45, 7) is 10.2. The molecule has 58 heavy (non-hydrogen) atoms. The van der Waals surface area contributed by atoms with E-state index in [4.69, 9.17) is 0 Å². The molecule has 0 saturated carbocycles. The van der Waals surface area contributed by atoms with Gasteiger partial charge in [-0.05, 0) is 0 Å². The summed E-state index contributed by atoms with van der Waals surface area (Å²) in [6.07, 6.45) is 18.3. The molecule has 0 aliphatic heterocycles. The quantitative estimate of drug-likeness (QED) is 0.0633. The van der Waals surface area contributed by atoms with Crippen molar-refractivity contribution in [3.05, 3.63) is 179 Å². The van der Waals surface area contributed by atoms with E-state index in [1.807, 2.05) is 0 Å². The molecule has 0 nitrogen and oxygen atoms in total. The van der Waals surface area contributed by atoms with Crippen LogP contribution in [0.1, 0.15) is 108 Å². The van der Waals surface area contributed by atoms with Gasteiger partial charge in [0.05, 0.1) is 0 Å². The van der Waals surface area contributed by atoms with Crippen LogP contribution in [0.15, 0.2) is 157 Å². The summed E-state index contributed by atoms with van der Waals surface area (Å²) < 4.78 is 1.12. The van der Waals surface area contributed by atoms with E-state index in [1.54, 1.807) is 22.3 Å². The zero-order valence-corrected chi connectivity index (χ0v) is 38.9. The first kappa shape index (κ1) is 40.7. The number of rotatable bonds is 17. The van der Waals surface area contributed by atoms with Crippen molar-refractivity contribution in [1.82, 2.24) is 0 Å². The van der Waals surface area contributed by atoms with Gasteiger partial charge in [0.1, 0.15) is 0 Å². The Balaban J connectivity index is 1.39. The van der Waals surface area contributed by atoms with Gasteiger partial charge >= 0.3 is 361 Å². The minimum absolute atomic E-state index is 0.559. The molecule has 2 atom stereocenters. The molecular weight excluding hydrogens is 792 g/mol.